The fourth-order valence-corrected chi connectivity index (χ4v) is 5.81. The van der Waals surface area contributed by atoms with Gasteiger partial charge < -0.3 is 13.6 Å². The standard InChI is InChI=1S/C39H33O3P/c1-4-10-31(11-5-1)28-34-16-22-37(23-17-34)40-43(41-38-24-18-35(19-25-38)29-32-12-6-2-7-13-32)42-39-26-20-36(21-27-39)30-33-14-8-3-9-15-33/h1-27H,28-30H2. The second-order valence-corrected chi connectivity index (χ2v) is 11.4. The second-order valence-electron chi connectivity index (χ2n) is 10.4. The van der Waals surface area contributed by atoms with Crippen molar-refractivity contribution >= 4 is 8.60 Å². The molecule has 0 saturated carbocycles. The van der Waals surface area contributed by atoms with Crippen molar-refractivity contribution in [3.05, 3.63) is 197 Å². The van der Waals surface area contributed by atoms with Gasteiger partial charge in [-0.05, 0) is 89.0 Å². The van der Waals surface area contributed by atoms with E-state index in [0.717, 1.165) is 19.3 Å². The quantitative estimate of drug-likeness (QED) is 0.135. The van der Waals surface area contributed by atoms with Crippen LogP contribution in [0.15, 0.2) is 164 Å². The first kappa shape index (κ1) is 28.3. The maximum absolute atomic E-state index is 6.30. The van der Waals surface area contributed by atoms with Gasteiger partial charge in [0.15, 0.2) is 0 Å². The van der Waals surface area contributed by atoms with Crippen LogP contribution in [0.25, 0.3) is 0 Å². The highest BCUT2D eigenvalue weighted by atomic mass is 31.2. The molecule has 3 nitrogen and oxygen atoms in total. The zero-order valence-electron chi connectivity index (χ0n) is 23.9. The average Bonchev–Trinajstić information content (AvgIpc) is 3.05. The summed E-state index contributed by atoms with van der Waals surface area (Å²) in [6.07, 6.45) is 2.61. The lowest BCUT2D eigenvalue weighted by molar-refractivity contribution is 0.388. The zero-order chi connectivity index (χ0) is 29.1. The number of hydrogen-bond donors (Lipinski definition) is 0. The minimum atomic E-state index is -1.76. The first-order chi connectivity index (χ1) is 21.2. The Balaban J connectivity index is 1.15. The van der Waals surface area contributed by atoms with Gasteiger partial charge in [0.1, 0.15) is 17.2 Å². The summed E-state index contributed by atoms with van der Waals surface area (Å²) in [7, 11) is -1.76. The van der Waals surface area contributed by atoms with Crippen molar-refractivity contribution in [1.82, 2.24) is 0 Å². The molecule has 0 saturated heterocycles. The fourth-order valence-electron chi connectivity index (χ4n) is 4.81. The predicted octanol–water partition coefficient (Wildman–Crippen LogP) is 10.2. The molecule has 0 heterocycles. The van der Waals surface area contributed by atoms with Crippen LogP contribution in [-0.2, 0) is 19.3 Å². The van der Waals surface area contributed by atoms with Gasteiger partial charge in [-0.25, -0.2) is 0 Å². The van der Waals surface area contributed by atoms with E-state index in [1.54, 1.807) is 0 Å². The summed E-state index contributed by atoms with van der Waals surface area (Å²) >= 11 is 0. The van der Waals surface area contributed by atoms with Crippen LogP contribution < -0.4 is 13.6 Å². The van der Waals surface area contributed by atoms with Gasteiger partial charge in [-0.2, -0.15) is 0 Å². The Morgan fingerprint density at radius 1 is 0.279 bits per heavy atom. The molecule has 212 valence electrons. The first-order valence-corrected chi connectivity index (χ1v) is 15.6. The van der Waals surface area contributed by atoms with E-state index in [1.165, 1.54) is 33.4 Å². The summed E-state index contributed by atoms with van der Waals surface area (Å²) in [4.78, 5) is 0. The Morgan fingerprint density at radius 2 is 0.512 bits per heavy atom. The van der Waals surface area contributed by atoms with Crippen LogP contribution >= 0.6 is 8.60 Å². The Kier molecular flexibility index (Phi) is 9.44. The molecule has 0 aromatic heterocycles. The Labute approximate surface area is 255 Å². The molecule has 43 heavy (non-hydrogen) atoms. The predicted molar refractivity (Wildman–Crippen MR) is 176 cm³/mol. The molecular weight excluding hydrogens is 547 g/mol. The monoisotopic (exact) mass is 580 g/mol. The molecule has 0 fully saturated rings. The Bertz CT molecular complexity index is 1460. The summed E-state index contributed by atoms with van der Waals surface area (Å²) in [5.41, 5.74) is 7.47. The normalized spacial score (nSPS) is 10.8. The van der Waals surface area contributed by atoms with E-state index in [4.69, 9.17) is 13.6 Å². The van der Waals surface area contributed by atoms with Gasteiger partial charge in [0.05, 0.1) is 0 Å². The molecule has 0 atom stereocenters. The second kappa shape index (κ2) is 14.4. The van der Waals surface area contributed by atoms with E-state index >= 15 is 0 Å². The zero-order valence-corrected chi connectivity index (χ0v) is 24.8. The lowest BCUT2D eigenvalue weighted by Gasteiger charge is -2.18. The molecule has 6 aromatic rings. The highest BCUT2D eigenvalue weighted by Gasteiger charge is 2.20. The molecule has 0 bridgehead atoms. The van der Waals surface area contributed by atoms with Gasteiger partial charge >= 0.3 is 8.60 Å². The van der Waals surface area contributed by atoms with Gasteiger partial charge in [-0.3, -0.25) is 0 Å². The van der Waals surface area contributed by atoms with Crippen molar-refractivity contribution in [2.75, 3.05) is 0 Å². The van der Waals surface area contributed by atoms with Crippen LogP contribution in [0.5, 0.6) is 17.2 Å². The Hall–Kier alpha value is -4.85. The molecule has 0 amide bonds. The molecule has 6 rings (SSSR count). The van der Waals surface area contributed by atoms with Crippen LogP contribution in [0, 0.1) is 0 Å². The smallest absolute Gasteiger partial charge is 0.409 e. The van der Waals surface area contributed by atoms with Crippen LogP contribution in [0.2, 0.25) is 0 Å². The van der Waals surface area contributed by atoms with Crippen molar-refractivity contribution in [3.63, 3.8) is 0 Å². The van der Waals surface area contributed by atoms with Crippen molar-refractivity contribution in [2.45, 2.75) is 19.3 Å². The van der Waals surface area contributed by atoms with E-state index < -0.39 is 8.60 Å². The molecule has 0 spiro atoms. The molecule has 6 aromatic carbocycles. The minimum absolute atomic E-state index is 0.698. The van der Waals surface area contributed by atoms with E-state index in [2.05, 4.69) is 109 Å². The van der Waals surface area contributed by atoms with Crippen molar-refractivity contribution in [3.8, 4) is 17.2 Å². The van der Waals surface area contributed by atoms with E-state index in [-0.39, 0.29) is 0 Å². The minimum Gasteiger partial charge on any atom is -0.409 e. The summed E-state index contributed by atoms with van der Waals surface area (Å²) in [6.45, 7) is 0. The lowest BCUT2D eigenvalue weighted by atomic mass is 10.1. The van der Waals surface area contributed by atoms with Gasteiger partial charge in [-0.15, -0.1) is 0 Å². The fraction of sp³-hybridized carbons (Fsp3) is 0.0769. The summed E-state index contributed by atoms with van der Waals surface area (Å²) in [6, 6.07) is 55.8. The third-order valence-electron chi connectivity index (χ3n) is 7.06. The topological polar surface area (TPSA) is 27.7 Å². The molecule has 0 N–H and O–H groups in total. The molecule has 0 unspecified atom stereocenters. The van der Waals surface area contributed by atoms with E-state index in [9.17, 15) is 0 Å². The molecule has 4 heteroatoms. The van der Waals surface area contributed by atoms with Crippen LogP contribution in [0.4, 0.5) is 0 Å². The highest BCUT2D eigenvalue weighted by Crippen LogP contribution is 2.42. The van der Waals surface area contributed by atoms with Crippen molar-refractivity contribution < 1.29 is 13.6 Å². The molecule has 0 aliphatic rings. The van der Waals surface area contributed by atoms with Gasteiger partial charge in [0, 0.05) is 0 Å². The number of hydrogen-bond acceptors (Lipinski definition) is 3. The Morgan fingerprint density at radius 3 is 0.767 bits per heavy atom. The van der Waals surface area contributed by atoms with Gasteiger partial charge in [0.25, 0.3) is 0 Å². The molecule has 0 radical (unpaired) electrons. The molecular formula is C39H33O3P. The number of benzene rings is 6. The van der Waals surface area contributed by atoms with E-state index in [1.807, 2.05) is 54.6 Å². The SMILES string of the molecule is c1ccc(Cc2ccc(OP(Oc3ccc(Cc4ccccc4)cc3)Oc3ccc(Cc4ccccc4)cc3)cc2)cc1. The van der Waals surface area contributed by atoms with Crippen molar-refractivity contribution in [2.24, 2.45) is 0 Å². The summed E-state index contributed by atoms with van der Waals surface area (Å²) in [5.74, 6) is 2.10. The van der Waals surface area contributed by atoms with Crippen molar-refractivity contribution in [1.29, 1.82) is 0 Å². The van der Waals surface area contributed by atoms with E-state index in [0.29, 0.717) is 17.2 Å². The molecule has 0 aliphatic carbocycles. The maximum Gasteiger partial charge on any atom is 0.530 e. The number of rotatable bonds is 12. The first-order valence-electron chi connectivity index (χ1n) is 14.5. The third kappa shape index (κ3) is 8.58. The largest absolute Gasteiger partial charge is 0.530 e. The third-order valence-corrected chi connectivity index (χ3v) is 8.14. The highest BCUT2D eigenvalue weighted by molar-refractivity contribution is 7.43. The lowest BCUT2D eigenvalue weighted by Crippen LogP contribution is -2.03. The summed E-state index contributed by atoms with van der Waals surface area (Å²) < 4.78 is 18.9. The van der Waals surface area contributed by atoms with Gasteiger partial charge in [0.2, 0.25) is 0 Å². The average molecular weight is 581 g/mol. The summed E-state index contributed by atoms with van der Waals surface area (Å²) in [5, 5.41) is 0. The molecule has 0 aliphatic heterocycles. The van der Waals surface area contributed by atoms with Crippen LogP contribution in [0.1, 0.15) is 33.4 Å². The van der Waals surface area contributed by atoms with Crippen LogP contribution in [-0.4, -0.2) is 0 Å². The maximum atomic E-state index is 6.30. The van der Waals surface area contributed by atoms with Gasteiger partial charge in [-0.1, -0.05) is 127 Å². The van der Waals surface area contributed by atoms with Crippen LogP contribution in [0.3, 0.4) is 0 Å².